The molecule has 0 aromatic heterocycles. The predicted molar refractivity (Wildman–Crippen MR) is 74.5 cm³/mol. The first-order chi connectivity index (χ1) is 9.03. The Balaban J connectivity index is 2.88. The van der Waals surface area contributed by atoms with Gasteiger partial charge in [0.1, 0.15) is 0 Å². The molecule has 0 N–H and O–H groups in total. The van der Waals surface area contributed by atoms with E-state index < -0.39 is 10.0 Å². The lowest BCUT2D eigenvalue weighted by Gasteiger charge is -2.19. The van der Waals surface area contributed by atoms with Crippen LogP contribution in [0.25, 0.3) is 0 Å². The molecule has 0 spiro atoms. The zero-order valence-electron chi connectivity index (χ0n) is 10.8. The van der Waals surface area contributed by atoms with Crippen molar-refractivity contribution in [3.05, 3.63) is 35.4 Å². The van der Waals surface area contributed by atoms with Crippen molar-refractivity contribution >= 4 is 10.0 Å². The van der Waals surface area contributed by atoms with Crippen LogP contribution in [0.3, 0.4) is 0 Å². The van der Waals surface area contributed by atoms with E-state index in [0.717, 1.165) is 0 Å². The van der Waals surface area contributed by atoms with E-state index in [1.807, 2.05) is 13.0 Å². The first-order valence-electron chi connectivity index (χ1n) is 5.93. The SMILES string of the molecule is C#CCN(CCC)S(=O)(=O)Cc1ccc(C#N)cc1. The minimum absolute atomic E-state index is 0.0897. The third-order valence-corrected chi connectivity index (χ3v) is 4.36. The first-order valence-corrected chi connectivity index (χ1v) is 7.54. The fraction of sp³-hybridized carbons (Fsp3) is 0.357. The summed E-state index contributed by atoms with van der Waals surface area (Å²) in [4.78, 5) is 0. The molecule has 0 unspecified atom stereocenters. The molecule has 0 aliphatic heterocycles. The monoisotopic (exact) mass is 276 g/mol. The van der Waals surface area contributed by atoms with E-state index in [-0.39, 0.29) is 12.3 Å². The van der Waals surface area contributed by atoms with E-state index in [4.69, 9.17) is 11.7 Å². The first kappa shape index (κ1) is 15.2. The second-order valence-electron chi connectivity index (χ2n) is 4.10. The number of sulfonamides is 1. The summed E-state index contributed by atoms with van der Waals surface area (Å²) in [6.45, 7) is 2.41. The van der Waals surface area contributed by atoms with Crippen molar-refractivity contribution in [2.24, 2.45) is 0 Å². The van der Waals surface area contributed by atoms with E-state index in [9.17, 15) is 8.42 Å². The molecule has 0 bridgehead atoms. The molecule has 0 heterocycles. The minimum Gasteiger partial charge on any atom is -0.212 e. The lowest BCUT2D eigenvalue weighted by Crippen LogP contribution is -2.33. The van der Waals surface area contributed by atoms with Gasteiger partial charge in [-0.2, -0.15) is 9.57 Å². The number of benzene rings is 1. The standard InChI is InChI=1S/C14H16N2O2S/c1-3-9-16(10-4-2)19(17,18)12-14-7-5-13(11-15)6-8-14/h1,5-8H,4,9-10,12H2,2H3. The van der Waals surface area contributed by atoms with Gasteiger partial charge in [-0.05, 0) is 24.1 Å². The average molecular weight is 276 g/mol. The van der Waals surface area contributed by atoms with E-state index in [1.54, 1.807) is 24.3 Å². The molecule has 0 fully saturated rings. The number of hydrogen-bond acceptors (Lipinski definition) is 3. The molecule has 19 heavy (non-hydrogen) atoms. The Kier molecular flexibility index (Phi) is 5.57. The molecule has 0 amide bonds. The number of rotatable bonds is 6. The summed E-state index contributed by atoms with van der Waals surface area (Å²) in [5.74, 6) is 2.27. The molecule has 1 aromatic rings. The summed E-state index contributed by atoms with van der Waals surface area (Å²) < 4.78 is 25.7. The number of nitrogens with zero attached hydrogens (tertiary/aromatic N) is 2. The van der Waals surface area contributed by atoms with Crippen molar-refractivity contribution in [2.45, 2.75) is 19.1 Å². The molecule has 100 valence electrons. The van der Waals surface area contributed by atoms with Crippen LogP contribution >= 0.6 is 0 Å². The highest BCUT2D eigenvalue weighted by molar-refractivity contribution is 7.88. The Labute approximate surface area is 114 Å². The van der Waals surface area contributed by atoms with Crippen LogP contribution in [0.2, 0.25) is 0 Å². The normalized spacial score (nSPS) is 10.9. The maximum atomic E-state index is 12.2. The van der Waals surface area contributed by atoms with E-state index in [2.05, 4.69) is 5.92 Å². The maximum Gasteiger partial charge on any atom is 0.219 e. The molecule has 0 saturated heterocycles. The Hall–Kier alpha value is -1.82. The summed E-state index contributed by atoms with van der Waals surface area (Å²) in [5.41, 5.74) is 1.16. The number of hydrogen-bond donors (Lipinski definition) is 0. The van der Waals surface area contributed by atoms with Crippen molar-refractivity contribution in [1.29, 1.82) is 5.26 Å². The molecule has 0 radical (unpaired) electrons. The Morgan fingerprint density at radius 3 is 2.42 bits per heavy atom. The second-order valence-corrected chi connectivity index (χ2v) is 6.07. The Morgan fingerprint density at radius 1 is 1.32 bits per heavy atom. The summed E-state index contributed by atoms with van der Waals surface area (Å²) in [6, 6.07) is 8.51. The van der Waals surface area contributed by atoms with Gasteiger partial charge in [0, 0.05) is 6.54 Å². The molecule has 0 atom stereocenters. The maximum absolute atomic E-state index is 12.2. The highest BCUT2D eigenvalue weighted by atomic mass is 32.2. The van der Waals surface area contributed by atoms with Crippen LogP contribution in [-0.4, -0.2) is 25.8 Å². The lowest BCUT2D eigenvalue weighted by atomic mass is 10.2. The molecule has 1 aromatic carbocycles. The van der Waals surface area contributed by atoms with E-state index in [1.165, 1.54) is 4.31 Å². The van der Waals surface area contributed by atoms with Gasteiger partial charge in [0.05, 0.1) is 23.9 Å². The van der Waals surface area contributed by atoms with E-state index in [0.29, 0.717) is 24.1 Å². The Bertz CT molecular complexity index is 592. The third-order valence-electron chi connectivity index (χ3n) is 2.57. The summed E-state index contributed by atoms with van der Waals surface area (Å²) in [5, 5.41) is 8.69. The molecule has 1 rings (SSSR count). The highest BCUT2D eigenvalue weighted by Crippen LogP contribution is 2.12. The second kappa shape index (κ2) is 6.94. The van der Waals surface area contributed by atoms with Crippen LogP contribution in [0.15, 0.2) is 24.3 Å². The quantitative estimate of drug-likeness (QED) is 0.743. The van der Waals surface area contributed by atoms with Gasteiger partial charge < -0.3 is 0 Å². The van der Waals surface area contributed by atoms with Gasteiger partial charge in [0.15, 0.2) is 0 Å². The molecule has 0 aliphatic carbocycles. The summed E-state index contributed by atoms with van der Waals surface area (Å²) in [7, 11) is -3.41. The fourth-order valence-electron chi connectivity index (χ4n) is 1.65. The molecule has 4 nitrogen and oxygen atoms in total. The van der Waals surface area contributed by atoms with Crippen molar-refractivity contribution in [3.8, 4) is 18.4 Å². The molecular formula is C14H16N2O2S. The van der Waals surface area contributed by atoms with Crippen LogP contribution in [-0.2, 0) is 15.8 Å². The molecular weight excluding hydrogens is 260 g/mol. The van der Waals surface area contributed by atoms with Crippen molar-refractivity contribution in [2.75, 3.05) is 13.1 Å². The zero-order valence-corrected chi connectivity index (χ0v) is 11.7. The zero-order chi connectivity index (χ0) is 14.3. The van der Waals surface area contributed by atoms with Crippen LogP contribution in [0.5, 0.6) is 0 Å². The van der Waals surface area contributed by atoms with Crippen LogP contribution in [0, 0.1) is 23.7 Å². The largest absolute Gasteiger partial charge is 0.219 e. The summed E-state index contributed by atoms with van der Waals surface area (Å²) >= 11 is 0. The fourth-order valence-corrected chi connectivity index (χ4v) is 3.17. The van der Waals surface area contributed by atoms with E-state index >= 15 is 0 Å². The average Bonchev–Trinajstić information content (AvgIpc) is 2.39. The smallest absolute Gasteiger partial charge is 0.212 e. The molecule has 0 saturated carbocycles. The van der Waals surface area contributed by atoms with Crippen LogP contribution in [0.1, 0.15) is 24.5 Å². The third kappa shape index (κ3) is 4.40. The molecule has 5 heteroatoms. The topological polar surface area (TPSA) is 61.2 Å². The molecule has 0 aliphatic rings. The van der Waals surface area contributed by atoms with Crippen LogP contribution in [0.4, 0.5) is 0 Å². The van der Waals surface area contributed by atoms with Crippen LogP contribution < -0.4 is 0 Å². The number of terminal acetylenes is 1. The van der Waals surface area contributed by atoms with Gasteiger partial charge in [0.25, 0.3) is 0 Å². The predicted octanol–water partition coefficient (Wildman–Crippen LogP) is 1.73. The summed E-state index contributed by atoms with van der Waals surface area (Å²) in [6.07, 6.45) is 5.91. The van der Waals surface area contributed by atoms with Gasteiger partial charge in [0.2, 0.25) is 10.0 Å². The minimum atomic E-state index is -3.41. The Morgan fingerprint density at radius 2 is 1.95 bits per heavy atom. The van der Waals surface area contributed by atoms with Crippen molar-refractivity contribution < 1.29 is 8.42 Å². The van der Waals surface area contributed by atoms with Gasteiger partial charge in [-0.1, -0.05) is 25.0 Å². The number of nitriles is 1. The van der Waals surface area contributed by atoms with Crippen molar-refractivity contribution in [3.63, 3.8) is 0 Å². The van der Waals surface area contributed by atoms with Crippen molar-refractivity contribution in [1.82, 2.24) is 4.31 Å². The van der Waals surface area contributed by atoms with Gasteiger partial charge >= 0.3 is 0 Å². The van der Waals surface area contributed by atoms with Gasteiger partial charge in [-0.3, -0.25) is 0 Å². The lowest BCUT2D eigenvalue weighted by molar-refractivity contribution is 0.445. The van der Waals surface area contributed by atoms with Gasteiger partial charge in [-0.25, -0.2) is 8.42 Å². The highest BCUT2D eigenvalue weighted by Gasteiger charge is 2.20. The van der Waals surface area contributed by atoms with Gasteiger partial charge in [-0.15, -0.1) is 6.42 Å².